The lowest BCUT2D eigenvalue weighted by molar-refractivity contribution is 0.284. The Labute approximate surface area is 119 Å². The van der Waals surface area contributed by atoms with E-state index in [1.165, 1.54) is 11.3 Å². The van der Waals surface area contributed by atoms with Gasteiger partial charge in [0.15, 0.2) is 0 Å². The first-order valence-corrected chi connectivity index (χ1v) is 7.98. The van der Waals surface area contributed by atoms with Gasteiger partial charge >= 0.3 is 0 Å². The average molecular weight is 311 g/mol. The molecule has 0 bridgehead atoms. The highest BCUT2D eigenvalue weighted by molar-refractivity contribution is 7.91. The molecule has 0 spiro atoms. The van der Waals surface area contributed by atoms with E-state index in [9.17, 15) is 8.42 Å². The molecule has 4 nitrogen and oxygen atoms in total. The van der Waals surface area contributed by atoms with E-state index >= 15 is 0 Å². The van der Waals surface area contributed by atoms with Crippen LogP contribution in [0.2, 0.25) is 0 Å². The number of nitrogens with zero attached hydrogens (tertiary/aromatic N) is 1. The van der Waals surface area contributed by atoms with Crippen molar-refractivity contribution in [3.63, 3.8) is 0 Å². The monoisotopic (exact) mass is 310 g/mol. The van der Waals surface area contributed by atoms with Crippen molar-refractivity contribution in [2.24, 2.45) is 0 Å². The van der Waals surface area contributed by atoms with Crippen molar-refractivity contribution < 1.29 is 8.42 Å². The molecule has 1 aromatic rings. The van der Waals surface area contributed by atoms with Crippen molar-refractivity contribution in [3.8, 4) is 0 Å². The third-order valence-electron chi connectivity index (χ3n) is 2.98. The lowest BCUT2D eigenvalue weighted by atomic mass is 10.3. The van der Waals surface area contributed by atoms with Gasteiger partial charge in [-0.1, -0.05) is 0 Å². The molecule has 2 heterocycles. The molecule has 18 heavy (non-hydrogen) atoms. The number of hydrogen-bond donors (Lipinski definition) is 1. The van der Waals surface area contributed by atoms with Gasteiger partial charge in [0.1, 0.15) is 4.21 Å². The van der Waals surface area contributed by atoms with Gasteiger partial charge < -0.3 is 5.32 Å². The number of rotatable bonds is 2. The van der Waals surface area contributed by atoms with Crippen LogP contribution in [0.3, 0.4) is 0 Å². The van der Waals surface area contributed by atoms with Gasteiger partial charge in [0.05, 0.1) is 0 Å². The van der Waals surface area contributed by atoms with E-state index in [1.54, 1.807) is 4.31 Å². The molecule has 1 aliphatic rings. The van der Waals surface area contributed by atoms with Gasteiger partial charge in [0.25, 0.3) is 10.0 Å². The Morgan fingerprint density at radius 3 is 2.61 bits per heavy atom. The first-order valence-electron chi connectivity index (χ1n) is 5.72. The first-order chi connectivity index (χ1) is 7.93. The average Bonchev–Trinajstić information content (AvgIpc) is 2.59. The lowest BCUT2D eigenvalue weighted by Crippen LogP contribution is -2.52. The summed E-state index contributed by atoms with van der Waals surface area (Å²) in [5, 5.41) is 3.21. The van der Waals surface area contributed by atoms with Crippen LogP contribution < -0.4 is 5.32 Å². The standard InChI is InChI=1S/C11H18N2O2S2.ClH/c1-8-6-10(3)16-11(8)17(14,15)13-5-4-12-7-9(13)2;/h6,9,12H,4-5,7H2,1-3H3;1H/t9-;/m0./s1. The molecule has 104 valence electrons. The SMILES string of the molecule is Cc1cc(C)c(S(=O)(=O)N2CCNC[C@@H]2C)s1.Cl. The minimum absolute atomic E-state index is 0. The summed E-state index contributed by atoms with van der Waals surface area (Å²) in [6.07, 6.45) is 0. The second kappa shape index (κ2) is 5.88. The van der Waals surface area contributed by atoms with Gasteiger partial charge in [0.2, 0.25) is 0 Å². The zero-order valence-electron chi connectivity index (χ0n) is 10.8. The Bertz CT molecular complexity index is 513. The summed E-state index contributed by atoms with van der Waals surface area (Å²) in [5.41, 5.74) is 0.859. The van der Waals surface area contributed by atoms with E-state index in [4.69, 9.17) is 0 Å². The molecule has 0 amide bonds. The van der Waals surface area contributed by atoms with Gasteiger partial charge in [-0.05, 0) is 32.4 Å². The molecule has 2 rings (SSSR count). The summed E-state index contributed by atoms with van der Waals surface area (Å²) < 4.78 is 27.2. The third kappa shape index (κ3) is 2.88. The highest BCUT2D eigenvalue weighted by atomic mass is 35.5. The van der Waals surface area contributed by atoms with E-state index < -0.39 is 10.0 Å². The Kier molecular flexibility index (Phi) is 5.20. The molecule has 0 aliphatic carbocycles. The third-order valence-corrected chi connectivity index (χ3v) is 6.76. The molecule has 0 radical (unpaired) electrons. The van der Waals surface area contributed by atoms with Crippen LogP contribution >= 0.6 is 23.7 Å². The number of halogens is 1. The van der Waals surface area contributed by atoms with E-state index in [1.807, 2.05) is 26.8 Å². The summed E-state index contributed by atoms with van der Waals surface area (Å²) in [7, 11) is -3.31. The highest BCUT2D eigenvalue weighted by Gasteiger charge is 2.32. The molecular formula is C11H19ClN2O2S2. The second-order valence-electron chi connectivity index (χ2n) is 4.50. The van der Waals surface area contributed by atoms with E-state index in [-0.39, 0.29) is 18.4 Å². The van der Waals surface area contributed by atoms with Crippen LogP contribution in [0.4, 0.5) is 0 Å². The lowest BCUT2D eigenvalue weighted by Gasteiger charge is -2.32. The van der Waals surface area contributed by atoms with Gasteiger partial charge in [-0.2, -0.15) is 4.31 Å². The zero-order chi connectivity index (χ0) is 12.6. The van der Waals surface area contributed by atoms with Crippen molar-refractivity contribution in [1.82, 2.24) is 9.62 Å². The maximum atomic E-state index is 12.5. The largest absolute Gasteiger partial charge is 0.314 e. The molecular weight excluding hydrogens is 292 g/mol. The summed E-state index contributed by atoms with van der Waals surface area (Å²) >= 11 is 1.37. The number of aryl methyl sites for hydroxylation is 2. The number of nitrogens with one attached hydrogen (secondary N) is 1. The van der Waals surface area contributed by atoms with Crippen molar-refractivity contribution in [1.29, 1.82) is 0 Å². The molecule has 1 atom stereocenters. The van der Waals surface area contributed by atoms with Crippen LogP contribution in [-0.4, -0.2) is 38.4 Å². The molecule has 1 saturated heterocycles. The van der Waals surface area contributed by atoms with E-state index in [2.05, 4.69) is 5.32 Å². The Balaban J connectivity index is 0.00000162. The highest BCUT2D eigenvalue weighted by Crippen LogP contribution is 2.29. The molecule has 0 saturated carbocycles. The van der Waals surface area contributed by atoms with Gasteiger partial charge in [-0.15, -0.1) is 23.7 Å². The number of piperazine rings is 1. The topological polar surface area (TPSA) is 49.4 Å². The van der Waals surface area contributed by atoms with Gasteiger partial charge in [-0.25, -0.2) is 8.42 Å². The minimum Gasteiger partial charge on any atom is -0.314 e. The number of hydrogen-bond acceptors (Lipinski definition) is 4. The molecule has 1 aromatic heterocycles. The fourth-order valence-electron chi connectivity index (χ4n) is 2.16. The molecule has 1 fully saturated rings. The normalized spacial score (nSPS) is 21.6. The van der Waals surface area contributed by atoms with Crippen molar-refractivity contribution >= 4 is 33.8 Å². The Hall–Kier alpha value is -0.140. The van der Waals surface area contributed by atoms with Crippen molar-refractivity contribution in [2.75, 3.05) is 19.6 Å². The zero-order valence-corrected chi connectivity index (χ0v) is 13.2. The van der Waals surface area contributed by atoms with Crippen LogP contribution in [0.1, 0.15) is 17.4 Å². The molecule has 0 unspecified atom stereocenters. The second-order valence-corrected chi connectivity index (χ2v) is 7.84. The van der Waals surface area contributed by atoms with Crippen LogP contribution in [0, 0.1) is 13.8 Å². The van der Waals surface area contributed by atoms with Crippen LogP contribution in [0.15, 0.2) is 10.3 Å². The fourth-order valence-corrected chi connectivity index (χ4v) is 5.57. The predicted molar refractivity (Wildman–Crippen MR) is 77.3 cm³/mol. The first kappa shape index (κ1) is 15.9. The molecule has 1 aliphatic heterocycles. The minimum atomic E-state index is -3.31. The molecule has 7 heteroatoms. The van der Waals surface area contributed by atoms with E-state index in [0.717, 1.165) is 23.5 Å². The summed E-state index contributed by atoms with van der Waals surface area (Å²) in [6.45, 7) is 7.76. The maximum Gasteiger partial charge on any atom is 0.253 e. The maximum absolute atomic E-state index is 12.5. The van der Waals surface area contributed by atoms with Gasteiger partial charge in [0, 0.05) is 30.6 Å². The van der Waals surface area contributed by atoms with E-state index in [0.29, 0.717) is 10.8 Å². The fraction of sp³-hybridized carbons (Fsp3) is 0.636. The molecule has 0 aromatic carbocycles. The van der Waals surface area contributed by atoms with Gasteiger partial charge in [-0.3, -0.25) is 0 Å². The van der Waals surface area contributed by atoms with Crippen molar-refractivity contribution in [2.45, 2.75) is 31.0 Å². The predicted octanol–water partition coefficient (Wildman–Crippen LogP) is 1.77. The summed E-state index contributed by atoms with van der Waals surface area (Å²) in [4.78, 5) is 1.05. The van der Waals surface area contributed by atoms with Crippen LogP contribution in [0.5, 0.6) is 0 Å². The Morgan fingerprint density at radius 1 is 1.44 bits per heavy atom. The number of thiophene rings is 1. The number of sulfonamides is 1. The molecule has 1 N–H and O–H groups in total. The summed E-state index contributed by atoms with van der Waals surface area (Å²) in [5.74, 6) is 0. The van der Waals surface area contributed by atoms with Crippen molar-refractivity contribution in [3.05, 3.63) is 16.5 Å². The summed E-state index contributed by atoms with van der Waals surface area (Å²) in [6, 6.07) is 1.96. The Morgan fingerprint density at radius 2 is 2.11 bits per heavy atom. The van der Waals surface area contributed by atoms with Crippen LogP contribution in [-0.2, 0) is 10.0 Å². The van der Waals surface area contributed by atoms with Crippen LogP contribution in [0.25, 0.3) is 0 Å². The smallest absolute Gasteiger partial charge is 0.253 e. The quantitative estimate of drug-likeness (QED) is 0.905.